The van der Waals surface area contributed by atoms with Crippen LogP contribution in [-0.2, 0) is 7.05 Å². The Morgan fingerprint density at radius 2 is 2.43 bits per heavy atom. The largest absolute Gasteiger partial charge is 0.474 e. The zero-order valence-electron chi connectivity index (χ0n) is 7.21. The Morgan fingerprint density at radius 3 is 2.93 bits per heavy atom. The van der Waals surface area contributed by atoms with Crippen molar-refractivity contribution in [2.45, 2.75) is 0 Å². The minimum Gasteiger partial charge on any atom is -0.474 e. The molecule has 0 aromatic carbocycles. The van der Waals surface area contributed by atoms with E-state index < -0.39 is 11.9 Å². The molecule has 72 valence electrons. The van der Waals surface area contributed by atoms with Gasteiger partial charge in [-0.25, -0.2) is 4.79 Å². The van der Waals surface area contributed by atoms with Crippen molar-refractivity contribution in [2.75, 3.05) is 0 Å². The summed E-state index contributed by atoms with van der Waals surface area (Å²) in [6.07, 6.45) is 1.70. The van der Waals surface area contributed by atoms with Crippen LogP contribution in [0.4, 0.5) is 0 Å². The number of carboxylic acids is 1. The van der Waals surface area contributed by atoms with Gasteiger partial charge in [0.15, 0.2) is 0 Å². The molecule has 2 aromatic heterocycles. The Labute approximate surface area is 78.0 Å². The number of aryl methyl sites for hydroxylation is 1. The fourth-order valence-corrected chi connectivity index (χ4v) is 0.949. The van der Waals surface area contributed by atoms with Crippen LogP contribution in [0.2, 0.25) is 0 Å². The number of rotatable bonds is 2. The van der Waals surface area contributed by atoms with Gasteiger partial charge in [0, 0.05) is 13.2 Å². The number of nitrogens with zero attached hydrogens (tertiary/aromatic N) is 4. The highest BCUT2D eigenvalue weighted by molar-refractivity contribution is 5.82. The number of aromatic carboxylic acids is 1. The summed E-state index contributed by atoms with van der Waals surface area (Å²) in [5.74, 6) is -1.52. The molecule has 0 radical (unpaired) electrons. The Kier molecular flexibility index (Phi) is 1.77. The predicted octanol–water partition coefficient (Wildman–Crippen LogP) is 0.168. The third-order valence-electron chi connectivity index (χ3n) is 1.55. The lowest BCUT2D eigenvalue weighted by Crippen LogP contribution is -1.95. The van der Waals surface area contributed by atoms with E-state index in [2.05, 4.69) is 19.8 Å². The molecular weight excluding hydrogens is 188 g/mol. The smallest absolute Gasteiger partial charge is 0.394 e. The molecule has 7 nitrogen and oxygen atoms in total. The Morgan fingerprint density at radius 1 is 1.64 bits per heavy atom. The molecule has 0 bridgehead atoms. The van der Waals surface area contributed by atoms with Crippen LogP contribution in [-0.4, -0.2) is 31.0 Å². The predicted molar refractivity (Wildman–Crippen MR) is 43.5 cm³/mol. The number of carbonyl (C=O) groups is 1. The molecule has 7 heteroatoms. The van der Waals surface area contributed by atoms with Gasteiger partial charge in [0.25, 0.3) is 0 Å². The van der Waals surface area contributed by atoms with E-state index in [-0.39, 0.29) is 5.82 Å². The van der Waals surface area contributed by atoms with Crippen LogP contribution in [0.25, 0.3) is 11.5 Å². The Hall–Kier alpha value is -2.18. The molecule has 0 atom stereocenters. The average Bonchev–Trinajstić information content (AvgIpc) is 2.70. The maximum atomic E-state index is 10.4. The molecule has 1 N–H and O–H groups in total. The monoisotopic (exact) mass is 194 g/mol. The summed E-state index contributed by atoms with van der Waals surface area (Å²) in [5.41, 5.74) is 0.476. The van der Waals surface area contributed by atoms with Crippen molar-refractivity contribution in [3.8, 4) is 11.5 Å². The molecule has 0 aliphatic carbocycles. The van der Waals surface area contributed by atoms with E-state index in [1.807, 2.05) is 0 Å². The van der Waals surface area contributed by atoms with Crippen LogP contribution in [0, 0.1) is 0 Å². The summed E-state index contributed by atoms with van der Waals surface area (Å²) in [6.45, 7) is 0. The topological polar surface area (TPSA) is 94.0 Å². The summed E-state index contributed by atoms with van der Waals surface area (Å²) >= 11 is 0. The van der Waals surface area contributed by atoms with Gasteiger partial charge in [0.05, 0.1) is 0 Å². The van der Waals surface area contributed by atoms with Crippen molar-refractivity contribution in [3.63, 3.8) is 0 Å². The summed E-state index contributed by atoms with van der Waals surface area (Å²) in [4.78, 5) is 14.1. The van der Waals surface area contributed by atoms with E-state index in [0.29, 0.717) is 5.69 Å². The molecule has 2 rings (SSSR count). The third-order valence-corrected chi connectivity index (χ3v) is 1.55. The van der Waals surface area contributed by atoms with Crippen molar-refractivity contribution in [1.82, 2.24) is 19.9 Å². The number of hydrogen-bond donors (Lipinski definition) is 1. The van der Waals surface area contributed by atoms with Crippen molar-refractivity contribution >= 4 is 5.97 Å². The van der Waals surface area contributed by atoms with Gasteiger partial charge in [-0.05, 0) is 6.07 Å². The van der Waals surface area contributed by atoms with Crippen LogP contribution in [0.5, 0.6) is 0 Å². The fraction of sp³-hybridized carbons (Fsp3) is 0.143. The molecule has 0 spiro atoms. The number of hydrogen-bond acceptors (Lipinski definition) is 5. The van der Waals surface area contributed by atoms with Gasteiger partial charge in [0.1, 0.15) is 5.69 Å². The molecule has 14 heavy (non-hydrogen) atoms. The van der Waals surface area contributed by atoms with Gasteiger partial charge in [-0.3, -0.25) is 4.68 Å². The molecule has 0 unspecified atom stereocenters. The van der Waals surface area contributed by atoms with Crippen LogP contribution >= 0.6 is 0 Å². The number of carboxylic acid groups (broad SMARTS) is 1. The molecule has 0 fully saturated rings. The number of aromatic nitrogens is 4. The van der Waals surface area contributed by atoms with Crippen LogP contribution in [0.15, 0.2) is 16.8 Å². The zero-order chi connectivity index (χ0) is 10.1. The quantitative estimate of drug-likeness (QED) is 0.732. The minimum absolute atomic E-state index is 0.169. The maximum absolute atomic E-state index is 10.4. The van der Waals surface area contributed by atoms with Crippen LogP contribution in [0.3, 0.4) is 0 Å². The van der Waals surface area contributed by atoms with Crippen molar-refractivity contribution in [1.29, 1.82) is 0 Å². The Balaban J connectivity index is 2.38. The van der Waals surface area contributed by atoms with Crippen molar-refractivity contribution in [2.24, 2.45) is 7.05 Å². The highest BCUT2D eigenvalue weighted by Crippen LogP contribution is 2.11. The third kappa shape index (κ3) is 1.35. The molecule has 0 amide bonds. The summed E-state index contributed by atoms with van der Waals surface area (Å²) in [6, 6.07) is 1.66. The lowest BCUT2D eigenvalue weighted by Gasteiger charge is -1.84. The SMILES string of the molecule is Cn1ccc(-c2noc(C(=O)O)n2)n1. The summed E-state index contributed by atoms with van der Waals surface area (Å²) < 4.78 is 6.04. The van der Waals surface area contributed by atoms with E-state index in [9.17, 15) is 4.79 Å². The van der Waals surface area contributed by atoms with Crippen LogP contribution in [0.1, 0.15) is 10.7 Å². The van der Waals surface area contributed by atoms with Gasteiger partial charge in [-0.2, -0.15) is 10.1 Å². The summed E-state index contributed by atoms with van der Waals surface area (Å²) in [5, 5.41) is 16.0. The zero-order valence-corrected chi connectivity index (χ0v) is 7.21. The van der Waals surface area contributed by atoms with Gasteiger partial charge in [-0.1, -0.05) is 5.16 Å². The highest BCUT2D eigenvalue weighted by Gasteiger charge is 2.15. The maximum Gasteiger partial charge on any atom is 0.394 e. The van der Waals surface area contributed by atoms with Crippen LogP contribution < -0.4 is 0 Å². The normalized spacial score (nSPS) is 10.4. The second-order valence-corrected chi connectivity index (χ2v) is 2.60. The van der Waals surface area contributed by atoms with E-state index in [0.717, 1.165) is 0 Å². The van der Waals surface area contributed by atoms with E-state index in [1.54, 1.807) is 24.0 Å². The molecule has 0 aliphatic heterocycles. The fourth-order valence-electron chi connectivity index (χ4n) is 0.949. The first kappa shape index (κ1) is 8.42. The van der Waals surface area contributed by atoms with E-state index in [1.165, 1.54) is 0 Å². The second kappa shape index (κ2) is 2.95. The van der Waals surface area contributed by atoms with Gasteiger partial charge < -0.3 is 9.63 Å². The first-order valence-corrected chi connectivity index (χ1v) is 3.74. The van der Waals surface area contributed by atoms with Crippen molar-refractivity contribution in [3.05, 3.63) is 18.2 Å². The molecule has 2 aromatic rings. The van der Waals surface area contributed by atoms with Gasteiger partial charge in [0.2, 0.25) is 5.82 Å². The molecule has 0 saturated carbocycles. The first-order valence-electron chi connectivity index (χ1n) is 3.74. The first-order chi connectivity index (χ1) is 6.66. The minimum atomic E-state index is -1.25. The molecular formula is C7H6N4O3. The summed E-state index contributed by atoms with van der Waals surface area (Å²) in [7, 11) is 1.74. The lowest BCUT2D eigenvalue weighted by molar-refractivity contribution is 0.0643. The standard InChI is InChI=1S/C7H6N4O3/c1-11-3-2-4(9-11)5-8-6(7(12)13)14-10-5/h2-3H,1H3,(H,12,13). The van der Waals surface area contributed by atoms with Gasteiger partial charge >= 0.3 is 11.9 Å². The lowest BCUT2D eigenvalue weighted by atomic mass is 10.4. The van der Waals surface area contributed by atoms with Crippen molar-refractivity contribution < 1.29 is 14.4 Å². The average molecular weight is 194 g/mol. The molecule has 0 aliphatic rings. The highest BCUT2D eigenvalue weighted by atomic mass is 16.5. The van der Waals surface area contributed by atoms with E-state index in [4.69, 9.17) is 5.11 Å². The molecule has 0 saturated heterocycles. The molecule has 2 heterocycles. The Bertz CT molecular complexity index is 473. The second-order valence-electron chi connectivity index (χ2n) is 2.60. The van der Waals surface area contributed by atoms with Gasteiger partial charge in [-0.15, -0.1) is 0 Å². The van der Waals surface area contributed by atoms with E-state index >= 15 is 0 Å².